The minimum absolute atomic E-state index is 0.0191. The Morgan fingerprint density at radius 1 is 0.920 bits per heavy atom. The summed E-state index contributed by atoms with van der Waals surface area (Å²) in [5.74, 6) is 0.466. The summed E-state index contributed by atoms with van der Waals surface area (Å²) in [6, 6.07) is 23.8. The number of aromatic nitrogens is 5. The molecule has 1 saturated carbocycles. The number of thiazole rings is 1. The van der Waals surface area contributed by atoms with Crippen LogP contribution in [0.5, 0.6) is 5.88 Å². The summed E-state index contributed by atoms with van der Waals surface area (Å²) in [5.41, 5.74) is 6.43. The average Bonchev–Trinajstić information content (AvgIpc) is 2.62. The van der Waals surface area contributed by atoms with E-state index in [0.717, 1.165) is 46.4 Å². The van der Waals surface area contributed by atoms with Crippen molar-refractivity contribution in [3.8, 4) is 29.4 Å². The van der Waals surface area contributed by atoms with Crippen molar-refractivity contribution in [2.24, 2.45) is 11.8 Å². The molecule has 5 N–H and O–H groups in total. The lowest BCUT2D eigenvalue weighted by molar-refractivity contribution is -0.141. The van der Waals surface area contributed by atoms with Gasteiger partial charge in [-0.25, -0.2) is 23.1 Å². The van der Waals surface area contributed by atoms with Gasteiger partial charge in [-0.1, -0.05) is 86.8 Å². The van der Waals surface area contributed by atoms with Gasteiger partial charge in [0.05, 0.1) is 40.9 Å². The minimum atomic E-state index is -4.15. The predicted octanol–water partition coefficient (Wildman–Crippen LogP) is 7.77. The Hall–Kier alpha value is -8.01. The third-order valence-corrected chi connectivity index (χ3v) is 19.8. The molecule has 21 nitrogen and oxygen atoms in total. The molecule has 1 aliphatic carbocycles. The summed E-state index contributed by atoms with van der Waals surface area (Å²) in [4.78, 5) is 71.5. The molecule has 0 spiro atoms. The zero-order valence-electron chi connectivity index (χ0n) is 49.8. The van der Waals surface area contributed by atoms with Crippen LogP contribution in [0.3, 0.4) is 0 Å². The number of anilines is 2. The molecule has 4 atom stereocenters. The van der Waals surface area contributed by atoms with Gasteiger partial charge in [-0.2, -0.15) is 5.10 Å². The fourth-order valence-electron chi connectivity index (χ4n) is 12.8. The second-order valence-electron chi connectivity index (χ2n) is 23.9. The molecule has 11 rings (SSSR count). The van der Waals surface area contributed by atoms with Gasteiger partial charge in [0.1, 0.15) is 29.6 Å². The number of aliphatic hydroxyl groups excluding tert-OH is 2. The maximum atomic E-state index is 14.5. The van der Waals surface area contributed by atoms with Crippen LogP contribution >= 0.6 is 11.3 Å². The highest BCUT2D eigenvalue weighted by atomic mass is 32.2. The number of aliphatic hydroxyl groups is 2. The number of benzene rings is 3. The smallest absolute Gasteiger partial charge is 0.284 e. The summed E-state index contributed by atoms with van der Waals surface area (Å²) in [6.45, 7) is 8.51. The highest BCUT2D eigenvalue weighted by Crippen LogP contribution is 2.36. The predicted molar refractivity (Wildman–Crippen MR) is 334 cm³/mol. The van der Waals surface area contributed by atoms with Gasteiger partial charge in [0.2, 0.25) is 21.8 Å². The first-order valence-corrected chi connectivity index (χ1v) is 32.9. The maximum Gasteiger partial charge on any atom is 0.284 e. The lowest BCUT2D eigenvalue weighted by Crippen LogP contribution is -2.49. The van der Waals surface area contributed by atoms with Gasteiger partial charge >= 0.3 is 0 Å². The number of hydrogen-bond acceptors (Lipinski definition) is 17. The summed E-state index contributed by atoms with van der Waals surface area (Å²) in [6.07, 6.45) is 14.0. The van der Waals surface area contributed by atoms with Crippen molar-refractivity contribution in [2.45, 2.75) is 128 Å². The van der Waals surface area contributed by atoms with E-state index in [4.69, 9.17) is 25.8 Å². The zero-order valence-corrected chi connectivity index (χ0v) is 51.4. The molecule has 4 amide bonds. The number of ether oxygens (including phenoxy) is 1. The number of piperidine rings is 1. The number of rotatable bonds is 21. The van der Waals surface area contributed by atoms with Crippen LogP contribution in [0.25, 0.3) is 21.3 Å². The van der Waals surface area contributed by atoms with Crippen LogP contribution in [0.15, 0.2) is 95.6 Å². The fraction of sp³-hybridized carbons (Fsp3) is 0.446. The molecule has 88 heavy (non-hydrogen) atoms. The third kappa shape index (κ3) is 14.1. The number of carbonyl (C=O) groups excluding carboxylic acids is 4. The largest absolute Gasteiger partial charge is 0.472 e. The first kappa shape index (κ1) is 61.6. The van der Waals surface area contributed by atoms with Crippen LogP contribution in [0.1, 0.15) is 138 Å². The van der Waals surface area contributed by atoms with E-state index in [1.54, 1.807) is 42.6 Å². The molecule has 4 aliphatic rings. The van der Waals surface area contributed by atoms with Gasteiger partial charge < -0.3 is 39.5 Å². The monoisotopic (exact) mass is 1230 g/mol. The summed E-state index contributed by atoms with van der Waals surface area (Å²) >= 11 is 1.41. The van der Waals surface area contributed by atoms with E-state index < -0.39 is 58.5 Å². The van der Waals surface area contributed by atoms with Crippen molar-refractivity contribution in [3.63, 3.8) is 0 Å². The molecule has 23 heteroatoms. The normalized spacial score (nSPS) is 18.4. The van der Waals surface area contributed by atoms with Crippen LogP contribution in [0, 0.1) is 31.1 Å². The zero-order chi connectivity index (χ0) is 61.6. The number of hydrogen-bond donors (Lipinski definition) is 5. The SMILES string of the molecule is C#Cc1ccc(C(CO)NC(=O)[C@@H]2C[C@@H](O)CN2C(=O)C(c2cc(OC3CCN(CCCS(=O)(=O)NC(=O)c4nc(N5CCc6cccc(C(=O)Nc7nc8ccccc8s7)c6C5)ccc4-c4cnn(CC5CCCCC5)c4C)CC3)no2)C(C)C)cc1. The summed E-state index contributed by atoms with van der Waals surface area (Å²) < 4.78 is 45.1. The molecule has 3 aromatic carbocycles. The van der Waals surface area contributed by atoms with E-state index in [2.05, 4.69) is 36.3 Å². The molecule has 7 heterocycles. The van der Waals surface area contributed by atoms with E-state index in [1.807, 2.05) is 78.9 Å². The van der Waals surface area contributed by atoms with Crippen LogP contribution in [-0.4, -0.2) is 140 Å². The molecule has 0 radical (unpaired) electrons. The number of nitrogens with one attached hydrogen (secondary N) is 3. The molecular formula is C65H75N11O10S2. The van der Waals surface area contributed by atoms with Crippen LogP contribution in [0.4, 0.5) is 10.9 Å². The number of sulfonamides is 1. The first-order chi connectivity index (χ1) is 42.5. The first-order valence-electron chi connectivity index (χ1n) is 30.4. The van der Waals surface area contributed by atoms with Crippen molar-refractivity contribution in [1.82, 2.24) is 44.7 Å². The molecule has 3 fully saturated rings. The second kappa shape index (κ2) is 27.2. The Balaban J connectivity index is 0.708. The van der Waals surface area contributed by atoms with Gasteiger partial charge in [0.25, 0.3) is 17.7 Å². The van der Waals surface area contributed by atoms with Crippen LogP contribution in [0.2, 0.25) is 0 Å². The second-order valence-corrected chi connectivity index (χ2v) is 26.8. The van der Waals surface area contributed by atoms with Gasteiger partial charge in [0.15, 0.2) is 10.9 Å². The van der Waals surface area contributed by atoms with Gasteiger partial charge in [-0.3, -0.25) is 29.2 Å². The standard InChI is InChI=1S/C65H75N11O10S2/c1-5-42-19-21-45(22-20-42)53(39-77)67-62(80)54-33-46(78)37-75(54)64(82)59(40(2)3)55-34-58(71-86-55)85-47-26-29-73(30-27-47)28-12-32-88(83,84)72-63(81)60-48(50-35-66-76(41(50)4)36-43-13-7-6-8-14-43)23-24-57(69-60)74-31-25-44-15-11-16-49(51(44)38-74)61(79)70-65-68-52-17-9-10-18-56(52)87-65/h1,9-11,15-24,34-35,40,43,46-47,53-54,59,77-78H,6-8,12-14,25-33,36-39H2,2-4H3,(H,67,80)(H,72,81)(H,68,70,79)/t46-,53?,54+,59?/m1/s1. The van der Waals surface area contributed by atoms with E-state index in [9.17, 15) is 37.8 Å². The molecular weight excluding hydrogens is 1160 g/mol. The van der Waals surface area contributed by atoms with Gasteiger partial charge in [-0.15, -0.1) is 6.42 Å². The molecule has 462 valence electrons. The van der Waals surface area contributed by atoms with Crippen molar-refractivity contribution < 1.29 is 47.1 Å². The topological polar surface area (TPSA) is 268 Å². The molecule has 4 aromatic heterocycles. The Labute approximate surface area is 516 Å². The molecule has 7 aromatic rings. The molecule has 2 saturated heterocycles. The summed E-state index contributed by atoms with van der Waals surface area (Å²) in [5, 5.41) is 36.2. The number of nitrogens with zero attached hydrogens (tertiary/aromatic N) is 8. The number of terminal acetylenes is 1. The van der Waals surface area contributed by atoms with E-state index in [0.29, 0.717) is 96.7 Å². The fourth-order valence-corrected chi connectivity index (χ4v) is 14.6. The quantitative estimate of drug-likeness (QED) is 0.0430. The summed E-state index contributed by atoms with van der Waals surface area (Å²) in [7, 11) is -4.15. The van der Waals surface area contributed by atoms with Crippen LogP contribution < -0.4 is 25.0 Å². The lowest BCUT2D eigenvalue weighted by atomic mass is 9.89. The number of pyridine rings is 1. The number of carbonyl (C=O) groups is 4. The van der Waals surface area contributed by atoms with E-state index in [-0.39, 0.29) is 60.4 Å². The lowest BCUT2D eigenvalue weighted by Gasteiger charge is -2.31. The average molecular weight is 1230 g/mol. The number of para-hydroxylation sites is 1. The Bertz CT molecular complexity index is 3790. The highest BCUT2D eigenvalue weighted by molar-refractivity contribution is 7.90. The maximum absolute atomic E-state index is 14.5. The number of fused-ring (bicyclic) bond motifs is 2. The Morgan fingerprint density at radius 3 is 2.45 bits per heavy atom. The Morgan fingerprint density at radius 2 is 1.70 bits per heavy atom. The van der Waals surface area contributed by atoms with Crippen molar-refractivity contribution in [3.05, 3.63) is 136 Å². The minimum Gasteiger partial charge on any atom is -0.472 e. The third-order valence-electron chi connectivity index (χ3n) is 17.5. The van der Waals surface area contributed by atoms with Crippen molar-refractivity contribution in [2.75, 3.05) is 55.3 Å². The number of likely N-dealkylation sites (tertiary alicyclic amines) is 2. The van der Waals surface area contributed by atoms with Gasteiger partial charge in [-0.05, 0) is 128 Å². The van der Waals surface area contributed by atoms with Crippen LogP contribution in [-0.2, 0) is 39.1 Å². The molecule has 0 bridgehead atoms. The van der Waals surface area contributed by atoms with E-state index in [1.165, 1.54) is 35.5 Å². The number of β-amino-alcohol motifs (C(OH)–C–C–N with tert-alkyl or cyclic N) is 1. The molecule has 3 aliphatic heterocycles. The Kier molecular flexibility index (Phi) is 19.0. The highest BCUT2D eigenvalue weighted by Gasteiger charge is 2.44. The van der Waals surface area contributed by atoms with Crippen molar-refractivity contribution in [1.29, 1.82) is 0 Å². The van der Waals surface area contributed by atoms with Crippen molar-refractivity contribution >= 4 is 66.2 Å². The molecule has 2 unspecified atom stereocenters. The van der Waals surface area contributed by atoms with Gasteiger partial charge in [0, 0.05) is 79.7 Å². The van der Waals surface area contributed by atoms with E-state index >= 15 is 0 Å². The number of amides is 4.